The predicted molar refractivity (Wildman–Crippen MR) is 67.7 cm³/mol. The zero-order chi connectivity index (χ0) is 12.4. The highest BCUT2D eigenvalue weighted by Crippen LogP contribution is 2.28. The van der Waals surface area contributed by atoms with Crippen molar-refractivity contribution in [3.05, 3.63) is 24.0 Å². The van der Waals surface area contributed by atoms with E-state index < -0.39 is 0 Å². The van der Waals surface area contributed by atoms with E-state index in [0.717, 1.165) is 19.5 Å². The zero-order valence-corrected chi connectivity index (χ0v) is 10.9. The van der Waals surface area contributed by atoms with Crippen LogP contribution in [0, 0.1) is 0 Å². The van der Waals surface area contributed by atoms with Crippen LogP contribution in [-0.4, -0.2) is 47.5 Å². The highest BCUT2D eigenvalue weighted by atomic mass is 16.2. The van der Waals surface area contributed by atoms with E-state index in [1.807, 2.05) is 23.9 Å². The van der Waals surface area contributed by atoms with E-state index in [1.54, 1.807) is 0 Å². The molecular weight excluding hydrogens is 214 g/mol. The summed E-state index contributed by atoms with van der Waals surface area (Å²) in [4.78, 5) is 16.1. The molecule has 0 aromatic carbocycles. The molecule has 2 heterocycles. The van der Waals surface area contributed by atoms with E-state index in [1.165, 1.54) is 5.69 Å². The Morgan fingerprint density at radius 2 is 2.24 bits per heavy atom. The van der Waals surface area contributed by atoms with Crippen molar-refractivity contribution in [3.8, 4) is 0 Å². The van der Waals surface area contributed by atoms with Crippen LogP contribution >= 0.6 is 0 Å². The van der Waals surface area contributed by atoms with Gasteiger partial charge in [0.1, 0.15) is 0 Å². The average Bonchev–Trinajstić information content (AvgIpc) is 2.74. The van der Waals surface area contributed by atoms with Crippen molar-refractivity contribution in [2.45, 2.75) is 25.9 Å². The molecule has 0 fully saturated rings. The molecule has 4 heteroatoms. The van der Waals surface area contributed by atoms with Crippen LogP contribution in [0.1, 0.15) is 25.1 Å². The minimum Gasteiger partial charge on any atom is -0.348 e. The van der Waals surface area contributed by atoms with Crippen molar-refractivity contribution in [2.75, 3.05) is 27.2 Å². The average molecular weight is 235 g/mol. The van der Waals surface area contributed by atoms with Gasteiger partial charge in [-0.15, -0.1) is 0 Å². The molecule has 1 atom stereocenters. The largest absolute Gasteiger partial charge is 0.348 e. The van der Waals surface area contributed by atoms with E-state index in [0.29, 0.717) is 6.54 Å². The van der Waals surface area contributed by atoms with E-state index in [9.17, 15) is 4.79 Å². The van der Waals surface area contributed by atoms with Crippen molar-refractivity contribution in [3.63, 3.8) is 0 Å². The first-order valence-corrected chi connectivity index (χ1v) is 6.22. The van der Waals surface area contributed by atoms with Gasteiger partial charge < -0.3 is 14.4 Å². The number of hydrogen-bond donors (Lipinski definition) is 0. The van der Waals surface area contributed by atoms with Gasteiger partial charge in [0.25, 0.3) is 0 Å². The molecule has 94 valence electrons. The molecule has 0 unspecified atom stereocenters. The van der Waals surface area contributed by atoms with Gasteiger partial charge in [0.2, 0.25) is 5.91 Å². The van der Waals surface area contributed by atoms with Gasteiger partial charge in [-0.05, 0) is 32.6 Å². The number of carbonyl (C=O) groups excluding carboxylic acids is 1. The lowest BCUT2D eigenvalue weighted by Gasteiger charge is -2.37. The van der Waals surface area contributed by atoms with E-state index in [2.05, 4.69) is 29.8 Å². The van der Waals surface area contributed by atoms with Gasteiger partial charge in [-0.2, -0.15) is 0 Å². The van der Waals surface area contributed by atoms with Gasteiger partial charge in [0.15, 0.2) is 0 Å². The molecule has 17 heavy (non-hydrogen) atoms. The van der Waals surface area contributed by atoms with E-state index in [4.69, 9.17) is 0 Å². The van der Waals surface area contributed by atoms with Crippen molar-refractivity contribution in [2.24, 2.45) is 0 Å². The molecule has 0 spiro atoms. The molecule has 0 N–H and O–H groups in total. The third kappa shape index (κ3) is 2.36. The third-order valence-corrected chi connectivity index (χ3v) is 3.32. The second-order valence-electron chi connectivity index (χ2n) is 4.88. The summed E-state index contributed by atoms with van der Waals surface area (Å²) in [6.07, 6.45) is 3.08. The maximum atomic E-state index is 12.2. The Labute approximate surface area is 103 Å². The summed E-state index contributed by atoms with van der Waals surface area (Å²) in [5.74, 6) is 0.231. The van der Waals surface area contributed by atoms with Gasteiger partial charge in [0, 0.05) is 25.0 Å². The van der Waals surface area contributed by atoms with Crippen molar-refractivity contribution in [1.82, 2.24) is 14.4 Å². The number of hydrogen-bond acceptors (Lipinski definition) is 2. The summed E-state index contributed by atoms with van der Waals surface area (Å²) in [6.45, 7) is 4.38. The Kier molecular flexibility index (Phi) is 3.52. The van der Waals surface area contributed by atoms with Gasteiger partial charge in [-0.3, -0.25) is 4.79 Å². The number of rotatable bonds is 3. The first-order chi connectivity index (χ1) is 8.13. The first-order valence-electron chi connectivity index (χ1n) is 6.22. The Morgan fingerprint density at radius 3 is 2.88 bits per heavy atom. The number of nitrogens with zero attached hydrogens (tertiary/aromatic N) is 3. The molecule has 0 bridgehead atoms. The molecule has 0 aliphatic carbocycles. The van der Waals surface area contributed by atoms with Crippen LogP contribution in [0.3, 0.4) is 0 Å². The van der Waals surface area contributed by atoms with Crippen LogP contribution in [0.2, 0.25) is 0 Å². The summed E-state index contributed by atoms with van der Waals surface area (Å²) in [6, 6.07) is 4.44. The van der Waals surface area contributed by atoms with Crippen LogP contribution < -0.4 is 0 Å². The zero-order valence-electron chi connectivity index (χ0n) is 10.9. The quantitative estimate of drug-likeness (QED) is 0.791. The molecule has 1 aromatic heterocycles. The maximum absolute atomic E-state index is 12.2. The fourth-order valence-electron chi connectivity index (χ4n) is 2.55. The Hall–Kier alpha value is -1.29. The molecule has 0 saturated heterocycles. The van der Waals surface area contributed by atoms with Crippen molar-refractivity contribution < 1.29 is 4.79 Å². The summed E-state index contributed by atoms with van der Waals surface area (Å²) in [7, 11) is 3.87. The third-order valence-electron chi connectivity index (χ3n) is 3.32. The smallest absolute Gasteiger partial charge is 0.237 e. The van der Waals surface area contributed by atoms with Gasteiger partial charge >= 0.3 is 0 Å². The molecule has 4 nitrogen and oxygen atoms in total. The number of likely N-dealkylation sites (N-methyl/N-ethyl adjacent to an activating group) is 1. The molecule has 1 amide bonds. The predicted octanol–water partition coefficient (Wildman–Crippen LogP) is 1.34. The highest BCUT2D eigenvalue weighted by molar-refractivity contribution is 5.78. The molecule has 1 aliphatic rings. The fourth-order valence-corrected chi connectivity index (χ4v) is 2.55. The Bertz CT molecular complexity index is 397. The second-order valence-corrected chi connectivity index (χ2v) is 4.88. The van der Waals surface area contributed by atoms with E-state index in [-0.39, 0.29) is 11.9 Å². The number of fused-ring (bicyclic) bond motifs is 1. The van der Waals surface area contributed by atoms with Crippen LogP contribution in [0.5, 0.6) is 0 Å². The summed E-state index contributed by atoms with van der Waals surface area (Å²) in [5.41, 5.74) is 1.27. The number of amides is 1. The standard InChI is InChI=1S/C13H21N3O/c1-4-11-12-6-5-7-15(12)8-9-16(11)13(17)10-14(2)3/h5-7,11H,4,8-10H2,1-3H3/t11-/m0/s1. The van der Waals surface area contributed by atoms with Gasteiger partial charge in [-0.25, -0.2) is 0 Å². The molecule has 2 rings (SSSR count). The number of carbonyl (C=O) groups is 1. The lowest BCUT2D eigenvalue weighted by atomic mass is 10.1. The SMILES string of the molecule is CC[C@H]1c2cccn2CCN1C(=O)CN(C)C. The molecule has 1 aliphatic heterocycles. The van der Waals surface area contributed by atoms with Crippen LogP contribution in [0.4, 0.5) is 0 Å². The summed E-state index contributed by atoms with van der Waals surface area (Å²) in [5, 5.41) is 0. The fraction of sp³-hybridized carbons (Fsp3) is 0.615. The van der Waals surface area contributed by atoms with Gasteiger partial charge in [0.05, 0.1) is 12.6 Å². The first kappa shape index (κ1) is 12.2. The van der Waals surface area contributed by atoms with Gasteiger partial charge in [-0.1, -0.05) is 6.92 Å². The molecule has 0 saturated carbocycles. The second kappa shape index (κ2) is 4.92. The highest BCUT2D eigenvalue weighted by Gasteiger charge is 2.29. The van der Waals surface area contributed by atoms with Crippen molar-refractivity contribution in [1.29, 1.82) is 0 Å². The lowest BCUT2D eigenvalue weighted by Crippen LogP contribution is -2.45. The number of aromatic nitrogens is 1. The Balaban J connectivity index is 2.17. The topological polar surface area (TPSA) is 28.5 Å². The molecular formula is C13H21N3O. The van der Waals surface area contributed by atoms with Crippen LogP contribution in [-0.2, 0) is 11.3 Å². The normalized spacial score (nSPS) is 19.5. The molecule has 0 radical (unpaired) electrons. The minimum atomic E-state index is 0.231. The summed E-state index contributed by atoms with van der Waals surface area (Å²) >= 11 is 0. The Morgan fingerprint density at radius 1 is 1.47 bits per heavy atom. The lowest BCUT2D eigenvalue weighted by molar-refractivity contribution is -0.135. The van der Waals surface area contributed by atoms with E-state index >= 15 is 0 Å². The maximum Gasteiger partial charge on any atom is 0.237 e. The monoisotopic (exact) mass is 235 g/mol. The minimum absolute atomic E-state index is 0.231. The van der Waals surface area contributed by atoms with Crippen molar-refractivity contribution >= 4 is 5.91 Å². The summed E-state index contributed by atoms with van der Waals surface area (Å²) < 4.78 is 2.26. The van der Waals surface area contributed by atoms with Crippen LogP contribution in [0.25, 0.3) is 0 Å². The van der Waals surface area contributed by atoms with Crippen LogP contribution in [0.15, 0.2) is 18.3 Å². The molecule has 1 aromatic rings.